The summed E-state index contributed by atoms with van der Waals surface area (Å²) in [6, 6.07) is 19.8. The topological polar surface area (TPSA) is 32.8 Å². The molecule has 2 aromatic carbocycles. The summed E-state index contributed by atoms with van der Waals surface area (Å²) in [5.41, 5.74) is 2.06. The minimum Gasteiger partial charge on any atom is -0.373 e. The number of amides is 1. The van der Waals surface area contributed by atoms with E-state index < -0.39 is 0 Å². The lowest BCUT2D eigenvalue weighted by atomic mass is 9.90. The number of likely N-dealkylation sites (N-methyl/N-ethyl adjacent to an activating group) is 1. The van der Waals surface area contributed by atoms with Crippen molar-refractivity contribution in [1.29, 1.82) is 0 Å². The Morgan fingerprint density at radius 3 is 1.64 bits per heavy atom. The van der Waals surface area contributed by atoms with E-state index >= 15 is 0 Å². The summed E-state index contributed by atoms with van der Waals surface area (Å²) < 4.78 is 4.71. The summed E-state index contributed by atoms with van der Waals surface area (Å²) in [6.45, 7) is 3.04. The van der Waals surface area contributed by atoms with Crippen LogP contribution in [0.1, 0.15) is 24.0 Å². The zero-order valence-electron chi connectivity index (χ0n) is 13.4. The molecule has 1 aliphatic rings. The van der Waals surface area contributed by atoms with Crippen molar-refractivity contribution in [3.05, 3.63) is 71.8 Å². The molecule has 1 atom stereocenters. The molecule has 3 nitrogen and oxygen atoms in total. The smallest absolute Gasteiger partial charge is 0.234 e. The first-order chi connectivity index (χ1) is 10.6. The standard InChI is InChI=1S/C16H17NO.C3H6O/c1-17(2)16(18)15(13-9-5-3-6-10-13)14-11-7-4-8-12-14;1-3-2-4-3/h3-12,15H,1-2H3;3H,2H2,1H3. The van der Waals surface area contributed by atoms with Gasteiger partial charge in [0.1, 0.15) is 0 Å². The van der Waals surface area contributed by atoms with Crippen LogP contribution >= 0.6 is 0 Å². The minimum absolute atomic E-state index is 0.104. The molecule has 2 aromatic rings. The molecular weight excluding hydrogens is 274 g/mol. The summed E-state index contributed by atoms with van der Waals surface area (Å²) in [7, 11) is 3.59. The van der Waals surface area contributed by atoms with Gasteiger partial charge in [-0.3, -0.25) is 4.79 Å². The van der Waals surface area contributed by atoms with Gasteiger partial charge in [-0.25, -0.2) is 0 Å². The zero-order chi connectivity index (χ0) is 15.9. The van der Waals surface area contributed by atoms with E-state index in [0.717, 1.165) is 17.7 Å². The number of rotatable bonds is 3. The highest BCUT2D eigenvalue weighted by molar-refractivity contribution is 5.86. The van der Waals surface area contributed by atoms with Gasteiger partial charge >= 0.3 is 0 Å². The van der Waals surface area contributed by atoms with Crippen LogP contribution in [0.5, 0.6) is 0 Å². The summed E-state index contributed by atoms with van der Waals surface area (Å²) in [4.78, 5) is 14.0. The second-order valence-corrected chi connectivity index (χ2v) is 5.63. The van der Waals surface area contributed by atoms with E-state index in [2.05, 4.69) is 6.92 Å². The molecule has 0 radical (unpaired) electrons. The number of epoxide rings is 1. The highest BCUT2D eigenvalue weighted by Gasteiger charge is 2.23. The van der Waals surface area contributed by atoms with Gasteiger partial charge in [0.05, 0.1) is 18.6 Å². The second kappa shape index (κ2) is 7.76. The first-order valence-corrected chi connectivity index (χ1v) is 7.52. The molecule has 0 bridgehead atoms. The Kier molecular flexibility index (Phi) is 5.73. The normalized spacial score (nSPS) is 15.7. The van der Waals surface area contributed by atoms with Crippen LogP contribution in [0.15, 0.2) is 60.7 Å². The number of benzene rings is 2. The maximum atomic E-state index is 12.4. The largest absolute Gasteiger partial charge is 0.373 e. The van der Waals surface area contributed by atoms with E-state index in [1.807, 2.05) is 60.7 Å². The summed E-state index contributed by atoms with van der Waals surface area (Å²) in [5, 5.41) is 0. The van der Waals surface area contributed by atoms with Crippen LogP contribution in [0.3, 0.4) is 0 Å². The molecule has 1 unspecified atom stereocenters. The maximum Gasteiger partial charge on any atom is 0.234 e. The summed E-state index contributed by atoms with van der Waals surface area (Å²) >= 11 is 0. The number of ether oxygens (including phenoxy) is 1. The molecule has 0 saturated carbocycles. The summed E-state index contributed by atoms with van der Waals surface area (Å²) in [6.07, 6.45) is 0.583. The Labute approximate surface area is 132 Å². The molecule has 1 fully saturated rings. The Hall–Kier alpha value is -2.13. The average molecular weight is 297 g/mol. The Morgan fingerprint density at radius 2 is 1.36 bits per heavy atom. The van der Waals surface area contributed by atoms with E-state index in [1.54, 1.807) is 19.0 Å². The van der Waals surface area contributed by atoms with Gasteiger partial charge in [-0.15, -0.1) is 0 Å². The monoisotopic (exact) mass is 297 g/mol. The molecule has 0 aromatic heterocycles. The van der Waals surface area contributed by atoms with E-state index in [1.165, 1.54) is 0 Å². The predicted molar refractivity (Wildman–Crippen MR) is 88.8 cm³/mol. The van der Waals surface area contributed by atoms with E-state index in [-0.39, 0.29) is 11.8 Å². The van der Waals surface area contributed by atoms with Crippen molar-refractivity contribution in [2.45, 2.75) is 18.9 Å². The maximum absolute atomic E-state index is 12.4. The van der Waals surface area contributed by atoms with Crippen LogP contribution in [-0.2, 0) is 9.53 Å². The number of hydrogen-bond acceptors (Lipinski definition) is 2. The molecule has 1 aliphatic heterocycles. The van der Waals surface area contributed by atoms with Crippen LogP contribution in [0.25, 0.3) is 0 Å². The lowest BCUT2D eigenvalue weighted by molar-refractivity contribution is -0.129. The molecule has 116 valence electrons. The number of carbonyl (C=O) groups is 1. The quantitative estimate of drug-likeness (QED) is 0.814. The van der Waals surface area contributed by atoms with Crippen LogP contribution < -0.4 is 0 Å². The van der Waals surface area contributed by atoms with Gasteiger partial charge < -0.3 is 9.64 Å². The highest BCUT2D eigenvalue weighted by atomic mass is 16.6. The van der Waals surface area contributed by atoms with Gasteiger partial charge in [-0.1, -0.05) is 60.7 Å². The first-order valence-electron chi connectivity index (χ1n) is 7.52. The van der Waals surface area contributed by atoms with Crippen LogP contribution in [-0.4, -0.2) is 37.6 Å². The molecule has 1 saturated heterocycles. The zero-order valence-corrected chi connectivity index (χ0v) is 13.4. The van der Waals surface area contributed by atoms with Gasteiger partial charge in [0.2, 0.25) is 5.91 Å². The number of carbonyl (C=O) groups excluding carboxylic acids is 1. The van der Waals surface area contributed by atoms with E-state index in [9.17, 15) is 4.79 Å². The molecule has 0 aliphatic carbocycles. The second-order valence-electron chi connectivity index (χ2n) is 5.63. The molecule has 1 heterocycles. The van der Waals surface area contributed by atoms with Gasteiger partial charge in [0.25, 0.3) is 0 Å². The molecule has 0 spiro atoms. The van der Waals surface area contributed by atoms with Crippen LogP contribution in [0.2, 0.25) is 0 Å². The number of hydrogen-bond donors (Lipinski definition) is 0. The molecule has 3 rings (SSSR count). The van der Waals surface area contributed by atoms with Crippen LogP contribution in [0.4, 0.5) is 0 Å². The van der Waals surface area contributed by atoms with Gasteiger partial charge in [-0.05, 0) is 18.1 Å². The van der Waals surface area contributed by atoms with Crippen LogP contribution in [0, 0.1) is 0 Å². The molecule has 3 heteroatoms. The number of nitrogens with zero attached hydrogens (tertiary/aromatic N) is 1. The Morgan fingerprint density at radius 1 is 1.00 bits per heavy atom. The molecule has 1 amide bonds. The van der Waals surface area contributed by atoms with Crippen molar-refractivity contribution in [3.63, 3.8) is 0 Å². The summed E-state index contributed by atoms with van der Waals surface area (Å²) in [5.74, 6) is -0.116. The highest BCUT2D eigenvalue weighted by Crippen LogP contribution is 2.25. The Bertz CT molecular complexity index is 537. The Balaban J connectivity index is 0.000000381. The third kappa shape index (κ3) is 4.71. The first kappa shape index (κ1) is 16.2. The average Bonchev–Trinajstić information content (AvgIpc) is 3.32. The predicted octanol–water partition coefficient (Wildman–Crippen LogP) is 3.31. The fourth-order valence-corrected chi connectivity index (χ4v) is 2.12. The van der Waals surface area contributed by atoms with Crippen molar-refractivity contribution < 1.29 is 9.53 Å². The minimum atomic E-state index is -0.220. The van der Waals surface area contributed by atoms with Crippen molar-refractivity contribution in [2.75, 3.05) is 20.7 Å². The van der Waals surface area contributed by atoms with Crippen molar-refractivity contribution in [1.82, 2.24) is 4.90 Å². The van der Waals surface area contributed by atoms with Crippen molar-refractivity contribution in [3.8, 4) is 0 Å². The van der Waals surface area contributed by atoms with Gasteiger partial charge in [-0.2, -0.15) is 0 Å². The van der Waals surface area contributed by atoms with E-state index in [4.69, 9.17) is 4.74 Å². The fourth-order valence-electron chi connectivity index (χ4n) is 2.12. The lowest BCUT2D eigenvalue weighted by Gasteiger charge is -2.21. The van der Waals surface area contributed by atoms with Gasteiger partial charge in [0.15, 0.2) is 0 Å². The SMILES string of the molecule is CC1CO1.CN(C)C(=O)C(c1ccccc1)c1ccccc1. The van der Waals surface area contributed by atoms with Crippen molar-refractivity contribution in [2.24, 2.45) is 0 Å². The molecule has 22 heavy (non-hydrogen) atoms. The van der Waals surface area contributed by atoms with Gasteiger partial charge in [0, 0.05) is 14.1 Å². The third-order valence-electron chi connectivity index (χ3n) is 3.45. The third-order valence-corrected chi connectivity index (χ3v) is 3.45. The molecule has 0 N–H and O–H groups in total. The molecular formula is C19H23NO2. The van der Waals surface area contributed by atoms with E-state index in [0.29, 0.717) is 6.10 Å². The lowest BCUT2D eigenvalue weighted by Crippen LogP contribution is -2.28. The van der Waals surface area contributed by atoms with Crippen molar-refractivity contribution >= 4 is 5.91 Å². The fraction of sp³-hybridized carbons (Fsp3) is 0.316.